The lowest BCUT2D eigenvalue weighted by Gasteiger charge is -2.16. The van der Waals surface area contributed by atoms with E-state index in [0.717, 1.165) is 29.0 Å². The van der Waals surface area contributed by atoms with Crippen LogP contribution in [-0.4, -0.2) is 32.0 Å². The smallest absolute Gasteiger partial charge is 0.416 e. The summed E-state index contributed by atoms with van der Waals surface area (Å²) < 4.78 is 74.0. The quantitative estimate of drug-likeness (QED) is 0.278. The van der Waals surface area contributed by atoms with Gasteiger partial charge in [0.05, 0.1) is 33.5 Å². The SMILES string of the molecule is CCC(C(=O)OC)n1c(=NC(=O)c2ccc(C)cc2)sc2ccc(NS(=O)(=O)c3ccc(C(F)(F)F)cc3)cc21. The maximum absolute atomic E-state index is 13.0. The first-order valence-corrected chi connectivity index (χ1v) is 14.2. The van der Waals surface area contributed by atoms with Crippen molar-refractivity contribution in [3.05, 3.63) is 88.2 Å². The Morgan fingerprint density at radius 1 is 1.05 bits per heavy atom. The normalized spacial score (nSPS) is 13.3. The molecule has 1 atom stereocenters. The fraction of sp³-hybridized carbons (Fsp3) is 0.222. The van der Waals surface area contributed by atoms with Crippen molar-refractivity contribution in [2.24, 2.45) is 4.99 Å². The molecule has 0 spiro atoms. The van der Waals surface area contributed by atoms with Crippen LogP contribution in [0.1, 0.15) is 40.9 Å². The summed E-state index contributed by atoms with van der Waals surface area (Å²) >= 11 is 1.13. The third-order valence-corrected chi connectivity index (χ3v) is 8.47. The lowest BCUT2D eigenvalue weighted by atomic mass is 10.1. The van der Waals surface area contributed by atoms with Crippen molar-refractivity contribution in [1.82, 2.24) is 4.57 Å². The number of amides is 1. The van der Waals surface area contributed by atoms with Crippen LogP contribution in [0.5, 0.6) is 0 Å². The van der Waals surface area contributed by atoms with Crippen LogP contribution in [-0.2, 0) is 25.7 Å². The molecule has 0 saturated carbocycles. The van der Waals surface area contributed by atoms with Crippen LogP contribution in [0.4, 0.5) is 18.9 Å². The van der Waals surface area contributed by atoms with Crippen molar-refractivity contribution in [2.75, 3.05) is 11.8 Å². The summed E-state index contributed by atoms with van der Waals surface area (Å²) in [7, 11) is -3.01. The number of hydrogen-bond donors (Lipinski definition) is 1. The minimum absolute atomic E-state index is 0.0927. The van der Waals surface area contributed by atoms with Crippen LogP contribution in [0.25, 0.3) is 10.2 Å². The standard InChI is InChI=1S/C27H24F3N3O5S2/c1-4-21(25(35)38-3)33-22-15-19(32-40(36,37)20-12-9-18(10-13-20)27(28,29)30)11-14-23(22)39-26(33)31-24(34)17-7-5-16(2)6-8-17/h5-15,21,32H,4H2,1-3H3. The van der Waals surface area contributed by atoms with E-state index < -0.39 is 39.7 Å². The first-order chi connectivity index (χ1) is 18.8. The molecule has 8 nitrogen and oxygen atoms in total. The molecule has 1 heterocycles. The number of methoxy groups -OCH3 is 1. The number of sulfonamides is 1. The average molecular weight is 592 g/mol. The second kappa shape index (κ2) is 11.3. The van der Waals surface area contributed by atoms with E-state index in [1.165, 1.54) is 23.8 Å². The van der Waals surface area contributed by atoms with Crippen LogP contribution in [0.2, 0.25) is 0 Å². The van der Waals surface area contributed by atoms with E-state index in [0.29, 0.717) is 27.9 Å². The molecule has 0 aliphatic carbocycles. The van der Waals surface area contributed by atoms with Gasteiger partial charge in [-0.2, -0.15) is 18.2 Å². The number of anilines is 1. The predicted octanol–water partition coefficient (Wildman–Crippen LogP) is 5.70. The molecule has 0 bridgehead atoms. The van der Waals surface area contributed by atoms with Crippen molar-refractivity contribution in [2.45, 2.75) is 37.4 Å². The molecule has 1 amide bonds. The summed E-state index contributed by atoms with van der Waals surface area (Å²) in [6.45, 7) is 3.64. The monoisotopic (exact) mass is 591 g/mol. The van der Waals surface area contributed by atoms with Crippen LogP contribution in [0.3, 0.4) is 0 Å². The number of aryl methyl sites for hydroxylation is 1. The van der Waals surface area contributed by atoms with Gasteiger partial charge in [-0.15, -0.1) is 0 Å². The van der Waals surface area contributed by atoms with Gasteiger partial charge in [0, 0.05) is 5.56 Å². The number of fused-ring (bicyclic) bond motifs is 1. The molecule has 4 rings (SSSR count). The molecule has 0 aliphatic rings. The number of ether oxygens (including phenoxy) is 1. The molecular formula is C27H24F3N3O5S2. The fourth-order valence-electron chi connectivity index (χ4n) is 3.96. The first kappa shape index (κ1) is 29.0. The Balaban J connectivity index is 1.80. The molecule has 4 aromatic rings. The lowest BCUT2D eigenvalue weighted by Crippen LogP contribution is -2.28. The molecule has 0 saturated heterocycles. The third kappa shape index (κ3) is 6.10. The molecule has 210 valence electrons. The van der Waals surface area contributed by atoms with E-state index in [2.05, 4.69) is 9.71 Å². The van der Waals surface area contributed by atoms with Gasteiger partial charge in [0.1, 0.15) is 6.04 Å². The zero-order valence-corrected chi connectivity index (χ0v) is 23.2. The molecule has 1 N–H and O–H groups in total. The van der Waals surface area contributed by atoms with Crippen molar-refractivity contribution in [3.63, 3.8) is 0 Å². The molecule has 40 heavy (non-hydrogen) atoms. The number of aromatic nitrogens is 1. The highest BCUT2D eigenvalue weighted by Gasteiger charge is 2.31. The molecule has 1 unspecified atom stereocenters. The Kier molecular flexibility index (Phi) is 8.17. The van der Waals surface area contributed by atoms with E-state index in [-0.39, 0.29) is 21.8 Å². The summed E-state index contributed by atoms with van der Waals surface area (Å²) in [6.07, 6.45) is -4.32. The Hall–Kier alpha value is -3.97. The summed E-state index contributed by atoms with van der Waals surface area (Å²) in [4.78, 5) is 29.7. The summed E-state index contributed by atoms with van der Waals surface area (Å²) in [5.41, 5.74) is 0.847. The highest BCUT2D eigenvalue weighted by molar-refractivity contribution is 7.92. The Labute approximate surface area is 231 Å². The van der Waals surface area contributed by atoms with Crippen molar-refractivity contribution in [1.29, 1.82) is 0 Å². The summed E-state index contributed by atoms with van der Waals surface area (Å²) in [5.74, 6) is -1.11. The van der Waals surface area contributed by atoms with Crippen LogP contribution < -0.4 is 9.52 Å². The summed E-state index contributed by atoms with van der Waals surface area (Å²) in [5, 5.41) is 0. The zero-order chi connectivity index (χ0) is 29.2. The van der Waals surface area contributed by atoms with Crippen molar-refractivity contribution in [3.8, 4) is 0 Å². The number of alkyl halides is 3. The van der Waals surface area contributed by atoms with Gasteiger partial charge in [0.15, 0.2) is 4.80 Å². The number of halogens is 3. The molecule has 0 fully saturated rings. The highest BCUT2D eigenvalue weighted by Crippen LogP contribution is 2.31. The Bertz CT molecular complexity index is 1740. The number of nitrogens with zero attached hydrogens (tertiary/aromatic N) is 2. The maximum Gasteiger partial charge on any atom is 0.416 e. The van der Waals surface area contributed by atoms with E-state index >= 15 is 0 Å². The van der Waals surface area contributed by atoms with Gasteiger partial charge < -0.3 is 9.30 Å². The fourth-order valence-corrected chi connectivity index (χ4v) is 6.06. The second-order valence-corrected chi connectivity index (χ2v) is 11.5. The Morgan fingerprint density at radius 3 is 2.27 bits per heavy atom. The minimum atomic E-state index is -4.60. The number of carbonyl (C=O) groups excluding carboxylic acids is 2. The molecule has 1 aromatic heterocycles. The highest BCUT2D eigenvalue weighted by atomic mass is 32.2. The topological polar surface area (TPSA) is 107 Å². The second-order valence-electron chi connectivity index (χ2n) is 8.79. The van der Waals surface area contributed by atoms with Gasteiger partial charge in [-0.3, -0.25) is 9.52 Å². The average Bonchev–Trinajstić information content (AvgIpc) is 3.25. The zero-order valence-electron chi connectivity index (χ0n) is 21.5. The van der Waals surface area contributed by atoms with Crippen LogP contribution in [0.15, 0.2) is 76.6 Å². The van der Waals surface area contributed by atoms with Gasteiger partial charge in [-0.1, -0.05) is 36.0 Å². The number of nitrogens with one attached hydrogen (secondary N) is 1. The molecular weight excluding hydrogens is 567 g/mol. The largest absolute Gasteiger partial charge is 0.467 e. The third-order valence-electron chi connectivity index (χ3n) is 6.04. The van der Waals surface area contributed by atoms with Crippen LogP contribution in [0, 0.1) is 6.92 Å². The van der Waals surface area contributed by atoms with Crippen LogP contribution >= 0.6 is 11.3 Å². The lowest BCUT2D eigenvalue weighted by molar-refractivity contribution is -0.144. The van der Waals surface area contributed by atoms with E-state index in [1.54, 1.807) is 37.3 Å². The van der Waals surface area contributed by atoms with Gasteiger partial charge in [0.2, 0.25) is 0 Å². The maximum atomic E-state index is 13.0. The number of benzene rings is 3. The number of rotatable bonds is 7. The Morgan fingerprint density at radius 2 is 1.70 bits per heavy atom. The number of carbonyl (C=O) groups is 2. The van der Waals surface area contributed by atoms with Gasteiger partial charge >= 0.3 is 12.1 Å². The van der Waals surface area contributed by atoms with E-state index in [1.807, 2.05) is 6.92 Å². The van der Waals surface area contributed by atoms with Gasteiger partial charge in [-0.05, 0) is 67.9 Å². The minimum Gasteiger partial charge on any atom is -0.467 e. The van der Waals surface area contributed by atoms with Gasteiger partial charge in [-0.25, -0.2) is 13.2 Å². The van der Waals surface area contributed by atoms with Crippen molar-refractivity contribution >= 4 is 49.1 Å². The molecule has 3 aromatic carbocycles. The predicted molar refractivity (Wildman–Crippen MR) is 144 cm³/mol. The summed E-state index contributed by atoms with van der Waals surface area (Å²) in [6, 6.07) is 13.6. The molecule has 0 aliphatic heterocycles. The molecule has 13 heteroatoms. The van der Waals surface area contributed by atoms with Gasteiger partial charge in [0.25, 0.3) is 15.9 Å². The molecule has 0 radical (unpaired) electrons. The number of thiazole rings is 1. The van der Waals surface area contributed by atoms with Crippen molar-refractivity contribution < 1.29 is 35.9 Å². The number of hydrogen-bond acceptors (Lipinski definition) is 6. The van der Waals surface area contributed by atoms with E-state index in [4.69, 9.17) is 4.74 Å². The van der Waals surface area contributed by atoms with E-state index in [9.17, 15) is 31.2 Å². The number of esters is 1. The first-order valence-electron chi connectivity index (χ1n) is 11.9.